The van der Waals surface area contributed by atoms with E-state index in [0.717, 1.165) is 11.1 Å². The molecule has 1 aliphatic rings. The fourth-order valence-corrected chi connectivity index (χ4v) is 2.89. The van der Waals surface area contributed by atoms with Crippen LogP contribution in [-0.4, -0.2) is 17.7 Å². The molecule has 0 aromatic heterocycles. The van der Waals surface area contributed by atoms with Gasteiger partial charge in [-0.3, -0.25) is 4.79 Å². The van der Waals surface area contributed by atoms with Crippen molar-refractivity contribution in [1.29, 1.82) is 0 Å². The fourth-order valence-electron chi connectivity index (χ4n) is 2.89. The molecule has 0 saturated heterocycles. The molecule has 3 rings (SSSR count). The first kappa shape index (κ1) is 18.1. The average molecular weight is 354 g/mol. The van der Waals surface area contributed by atoms with E-state index in [1.54, 1.807) is 12.1 Å². The minimum absolute atomic E-state index is 0.123. The third-order valence-electron chi connectivity index (χ3n) is 4.60. The van der Waals surface area contributed by atoms with Crippen LogP contribution in [0, 0.1) is 5.82 Å². The number of nitrogens with zero attached hydrogens (tertiary/aromatic N) is 1. The monoisotopic (exact) mass is 354 g/mol. The molecule has 26 heavy (non-hydrogen) atoms. The molecule has 5 heteroatoms. The Labute approximate surface area is 153 Å². The van der Waals surface area contributed by atoms with Crippen LogP contribution in [0.15, 0.2) is 53.7 Å². The van der Waals surface area contributed by atoms with Crippen LogP contribution in [0.3, 0.4) is 0 Å². The fraction of sp³-hybridized carbons (Fsp3) is 0.333. The quantitative estimate of drug-likeness (QED) is 0.869. The second-order valence-electron chi connectivity index (χ2n) is 6.89. The Bertz CT molecular complexity index is 798. The lowest BCUT2D eigenvalue weighted by Crippen LogP contribution is -2.36. The van der Waals surface area contributed by atoms with E-state index >= 15 is 0 Å². The molecule has 0 spiro atoms. The van der Waals surface area contributed by atoms with Crippen molar-refractivity contribution in [2.45, 2.75) is 45.3 Å². The van der Waals surface area contributed by atoms with Gasteiger partial charge in [0.05, 0.1) is 11.8 Å². The molecule has 0 fully saturated rings. The summed E-state index contributed by atoms with van der Waals surface area (Å²) in [6.45, 7) is 6.24. The summed E-state index contributed by atoms with van der Waals surface area (Å²) in [5.74, 6) is -0.0333. The van der Waals surface area contributed by atoms with Crippen molar-refractivity contribution >= 4 is 11.6 Å². The van der Waals surface area contributed by atoms with Crippen LogP contribution in [0.25, 0.3) is 0 Å². The standard InChI is InChI=1S/C21H23FN2O2/c1-13(2)15-4-6-16(7-5-15)14(3)23-21(25)20-12-19(24-26-20)17-8-10-18(22)11-9-17/h4-11,13-14,20H,12H2,1-3H3,(H,23,25). The van der Waals surface area contributed by atoms with Crippen molar-refractivity contribution in [3.05, 3.63) is 71.0 Å². The molecular weight excluding hydrogens is 331 g/mol. The van der Waals surface area contributed by atoms with Crippen molar-refractivity contribution in [2.24, 2.45) is 5.16 Å². The number of hydrogen-bond donors (Lipinski definition) is 1. The predicted molar refractivity (Wildman–Crippen MR) is 99.5 cm³/mol. The average Bonchev–Trinajstić information content (AvgIpc) is 3.12. The van der Waals surface area contributed by atoms with Crippen LogP contribution >= 0.6 is 0 Å². The largest absolute Gasteiger partial charge is 0.382 e. The summed E-state index contributed by atoms with van der Waals surface area (Å²) in [6.07, 6.45) is -0.288. The SMILES string of the molecule is CC(C)c1ccc(C(C)NC(=O)C2CC(c3ccc(F)cc3)=NO2)cc1. The van der Waals surface area contributed by atoms with Crippen molar-refractivity contribution in [2.75, 3.05) is 0 Å². The first-order valence-corrected chi connectivity index (χ1v) is 8.83. The minimum atomic E-state index is -0.660. The van der Waals surface area contributed by atoms with E-state index in [2.05, 4.69) is 36.5 Å². The van der Waals surface area contributed by atoms with Gasteiger partial charge < -0.3 is 10.2 Å². The Morgan fingerprint density at radius 2 is 1.69 bits per heavy atom. The van der Waals surface area contributed by atoms with Gasteiger partial charge in [-0.05, 0) is 41.7 Å². The lowest BCUT2D eigenvalue weighted by molar-refractivity contribution is -0.131. The number of oxime groups is 1. The lowest BCUT2D eigenvalue weighted by Gasteiger charge is -2.17. The minimum Gasteiger partial charge on any atom is -0.382 e. The van der Waals surface area contributed by atoms with E-state index in [9.17, 15) is 9.18 Å². The zero-order chi connectivity index (χ0) is 18.7. The third-order valence-corrected chi connectivity index (χ3v) is 4.60. The van der Waals surface area contributed by atoms with E-state index in [1.165, 1.54) is 17.7 Å². The van der Waals surface area contributed by atoms with Gasteiger partial charge >= 0.3 is 0 Å². The first-order valence-electron chi connectivity index (χ1n) is 8.83. The number of hydrogen-bond acceptors (Lipinski definition) is 3. The lowest BCUT2D eigenvalue weighted by atomic mass is 9.99. The number of amides is 1. The van der Waals surface area contributed by atoms with Gasteiger partial charge in [0, 0.05) is 6.42 Å². The Kier molecular flexibility index (Phi) is 5.35. The van der Waals surface area contributed by atoms with Crippen molar-refractivity contribution in [3.8, 4) is 0 Å². The molecule has 2 unspecified atom stereocenters. The summed E-state index contributed by atoms with van der Waals surface area (Å²) >= 11 is 0. The number of carbonyl (C=O) groups is 1. The Balaban J connectivity index is 1.58. The highest BCUT2D eigenvalue weighted by Gasteiger charge is 2.29. The molecule has 0 bridgehead atoms. The maximum Gasteiger partial charge on any atom is 0.264 e. The molecule has 1 amide bonds. The van der Waals surface area contributed by atoms with Crippen molar-refractivity contribution in [3.63, 3.8) is 0 Å². The van der Waals surface area contributed by atoms with Gasteiger partial charge in [-0.2, -0.15) is 0 Å². The normalized spacial score (nSPS) is 17.6. The molecule has 2 aromatic carbocycles. The molecule has 136 valence electrons. The van der Waals surface area contributed by atoms with E-state index < -0.39 is 6.10 Å². The zero-order valence-corrected chi connectivity index (χ0v) is 15.2. The number of nitrogens with one attached hydrogen (secondary N) is 1. The summed E-state index contributed by atoms with van der Waals surface area (Å²) < 4.78 is 13.0. The zero-order valence-electron chi connectivity index (χ0n) is 15.2. The molecule has 1 heterocycles. The van der Waals surface area contributed by atoms with Crippen LogP contribution < -0.4 is 5.32 Å². The van der Waals surface area contributed by atoms with E-state index in [0.29, 0.717) is 18.1 Å². The van der Waals surface area contributed by atoms with Crippen molar-refractivity contribution < 1.29 is 14.0 Å². The molecule has 4 nitrogen and oxygen atoms in total. The molecule has 0 aliphatic carbocycles. The van der Waals surface area contributed by atoms with Crippen LogP contribution in [0.4, 0.5) is 4.39 Å². The Morgan fingerprint density at radius 3 is 2.31 bits per heavy atom. The molecular formula is C21H23FN2O2. The second kappa shape index (κ2) is 7.68. The van der Waals surface area contributed by atoms with Gasteiger partial charge in [-0.1, -0.05) is 55.4 Å². The number of carbonyl (C=O) groups excluding carboxylic acids is 1. The van der Waals surface area contributed by atoms with Gasteiger partial charge in [0.25, 0.3) is 5.91 Å². The Morgan fingerprint density at radius 1 is 1.08 bits per heavy atom. The summed E-state index contributed by atoms with van der Waals surface area (Å²) in [4.78, 5) is 17.7. The van der Waals surface area contributed by atoms with Gasteiger partial charge in [-0.25, -0.2) is 4.39 Å². The summed E-state index contributed by atoms with van der Waals surface area (Å²) in [7, 11) is 0. The van der Waals surface area contributed by atoms with Gasteiger partial charge in [0.15, 0.2) is 0 Å². The highest BCUT2D eigenvalue weighted by molar-refractivity contribution is 6.04. The summed E-state index contributed by atoms with van der Waals surface area (Å²) in [5, 5.41) is 6.95. The third kappa shape index (κ3) is 4.10. The number of rotatable bonds is 5. The van der Waals surface area contributed by atoms with E-state index in [1.807, 2.05) is 19.1 Å². The van der Waals surface area contributed by atoms with Gasteiger partial charge in [0.1, 0.15) is 5.82 Å². The maximum absolute atomic E-state index is 13.0. The highest BCUT2D eigenvalue weighted by atomic mass is 19.1. The Hall–Kier alpha value is -2.69. The molecule has 1 N–H and O–H groups in total. The summed E-state index contributed by atoms with van der Waals surface area (Å²) in [5.41, 5.74) is 3.72. The first-order chi connectivity index (χ1) is 12.4. The molecule has 0 radical (unpaired) electrons. The molecule has 0 saturated carbocycles. The molecule has 2 aromatic rings. The van der Waals surface area contributed by atoms with E-state index in [4.69, 9.17) is 4.84 Å². The predicted octanol–water partition coefficient (Wildman–Crippen LogP) is 4.32. The van der Waals surface area contributed by atoms with Gasteiger partial charge in [-0.15, -0.1) is 0 Å². The number of benzene rings is 2. The highest BCUT2D eigenvalue weighted by Crippen LogP contribution is 2.21. The molecule has 1 aliphatic heterocycles. The summed E-state index contributed by atoms with van der Waals surface area (Å²) in [6, 6.07) is 14.1. The number of halogens is 1. The van der Waals surface area contributed by atoms with E-state index in [-0.39, 0.29) is 17.8 Å². The van der Waals surface area contributed by atoms with Crippen LogP contribution in [-0.2, 0) is 9.63 Å². The second-order valence-corrected chi connectivity index (χ2v) is 6.89. The van der Waals surface area contributed by atoms with Crippen LogP contribution in [0.5, 0.6) is 0 Å². The van der Waals surface area contributed by atoms with Crippen LogP contribution in [0.2, 0.25) is 0 Å². The van der Waals surface area contributed by atoms with Crippen LogP contribution in [0.1, 0.15) is 55.8 Å². The van der Waals surface area contributed by atoms with Gasteiger partial charge in [0.2, 0.25) is 6.10 Å². The molecule has 2 atom stereocenters. The smallest absolute Gasteiger partial charge is 0.264 e. The topological polar surface area (TPSA) is 50.7 Å². The maximum atomic E-state index is 13.0. The van der Waals surface area contributed by atoms with Crippen molar-refractivity contribution in [1.82, 2.24) is 5.32 Å².